The zero-order valence-electron chi connectivity index (χ0n) is 12.2. The minimum Gasteiger partial charge on any atom is -0.361 e. The van der Waals surface area contributed by atoms with Gasteiger partial charge in [0.05, 0.1) is 0 Å². The Kier molecular flexibility index (Phi) is 5.24. The predicted molar refractivity (Wildman–Crippen MR) is 85.5 cm³/mol. The molecule has 20 heavy (non-hydrogen) atoms. The molecule has 0 saturated heterocycles. The van der Waals surface area contributed by atoms with Gasteiger partial charge in [-0.05, 0) is 43.0 Å². The number of nitrogens with one attached hydrogen (secondary N) is 1. The third-order valence-electron chi connectivity index (χ3n) is 3.81. The van der Waals surface area contributed by atoms with Crippen LogP contribution in [0.5, 0.6) is 0 Å². The lowest BCUT2D eigenvalue weighted by Gasteiger charge is -2.15. The second-order valence-corrected chi connectivity index (χ2v) is 5.97. The predicted octanol–water partition coefficient (Wildman–Crippen LogP) is 5.46. The molecule has 1 heterocycles. The Hall–Kier alpha value is -1.28. The summed E-state index contributed by atoms with van der Waals surface area (Å²) < 4.78 is 0. The molecule has 0 fully saturated rings. The molecular weight excluding hydrogens is 270 g/mol. The van der Waals surface area contributed by atoms with E-state index in [4.69, 9.17) is 11.6 Å². The van der Waals surface area contributed by atoms with E-state index < -0.39 is 0 Å². The number of unbranched alkanes of at least 4 members (excludes halogenated alkanes) is 2. The third kappa shape index (κ3) is 3.63. The number of aromatic amines is 1. The van der Waals surface area contributed by atoms with Gasteiger partial charge in [0.1, 0.15) is 5.78 Å². The molecule has 108 valence electrons. The molecule has 1 N–H and O–H groups in total. The standard InChI is InChI=1S/C17H22ClNO/c1-3-4-5-6-13(9-12(2)20)16-11-19-17-8-7-14(18)10-15(16)17/h7-8,10-11,13,19H,3-6,9H2,1-2H3/t13-/m1/s1. The van der Waals surface area contributed by atoms with Crippen molar-refractivity contribution in [1.82, 2.24) is 4.98 Å². The summed E-state index contributed by atoms with van der Waals surface area (Å²) in [4.78, 5) is 14.8. The van der Waals surface area contributed by atoms with E-state index in [1.165, 1.54) is 24.8 Å². The fourth-order valence-corrected chi connectivity index (χ4v) is 2.98. The molecule has 0 aliphatic carbocycles. The molecular formula is C17H22ClNO. The van der Waals surface area contributed by atoms with Crippen LogP contribution in [-0.2, 0) is 4.79 Å². The first-order valence-electron chi connectivity index (χ1n) is 7.37. The Balaban J connectivity index is 2.29. The highest BCUT2D eigenvalue weighted by atomic mass is 35.5. The van der Waals surface area contributed by atoms with Gasteiger partial charge < -0.3 is 9.78 Å². The lowest BCUT2D eigenvalue weighted by Crippen LogP contribution is -2.04. The average molecular weight is 292 g/mol. The molecule has 0 saturated carbocycles. The van der Waals surface area contributed by atoms with E-state index in [1.807, 2.05) is 24.4 Å². The van der Waals surface area contributed by atoms with Gasteiger partial charge in [-0.1, -0.05) is 37.8 Å². The molecule has 0 aliphatic rings. The Bertz CT molecular complexity index is 588. The number of aromatic nitrogens is 1. The number of hydrogen-bond acceptors (Lipinski definition) is 1. The van der Waals surface area contributed by atoms with Gasteiger partial charge in [-0.15, -0.1) is 0 Å². The van der Waals surface area contributed by atoms with E-state index >= 15 is 0 Å². The van der Waals surface area contributed by atoms with E-state index in [-0.39, 0.29) is 5.78 Å². The zero-order valence-corrected chi connectivity index (χ0v) is 13.0. The molecule has 1 aromatic carbocycles. The number of Topliss-reactive ketones (excluding diaryl/α,β-unsaturated/α-hetero) is 1. The Morgan fingerprint density at radius 1 is 1.35 bits per heavy atom. The van der Waals surface area contributed by atoms with Crippen LogP contribution in [0.4, 0.5) is 0 Å². The van der Waals surface area contributed by atoms with Gasteiger partial charge in [-0.3, -0.25) is 0 Å². The summed E-state index contributed by atoms with van der Waals surface area (Å²) in [7, 11) is 0. The van der Waals surface area contributed by atoms with Gasteiger partial charge >= 0.3 is 0 Å². The summed E-state index contributed by atoms with van der Waals surface area (Å²) in [5, 5.41) is 1.90. The number of hydrogen-bond donors (Lipinski definition) is 1. The van der Waals surface area contributed by atoms with Crippen molar-refractivity contribution in [3.05, 3.63) is 35.0 Å². The molecule has 1 atom stereocenters. The van der Waals surface area contributed by atoms with Crippen molar-refractivity contribution in [3.8, 4) is 0 Å². The first-order valence-corrected chi connectivity index (χ1v) is 7.75. The van der Waals surface area contributed by atoms with Crippen LogP contribution in [0.25, 0.3) is 10.9 Å². The summed E-state index contributed by atoms with van der Waals surface area (Å²) in [5.74, 6) is 0.550. The van der Waals surface area contributed by atoms with Crippen LogP contribution >= 0.6 is 11.6 Å². The maximum atomic E-state index is 11.5. The Labute approximate surface area is 125 Å². The Morgan fingerprint density at radius 2 is 2.15 bits per heavy atom. The lowest BCUT2D eigenvalue weighted by atomic mass is 9.89. The molecule has 0 amide bonds. The van der Waals surface area contributed by atoms with E-state index in [1.54, 1.807) is 6.92 Å². The topological polar surface area (TPSA) is 32.9 Å². The molecule has 2 aromatic rings. The van der Waals surface area contributed by atoms with Gasteiger partial charge in [0.15, 0.2) is 0 Å². The average Bonchev–Trinajstić information content (AvgIpc) is 2.80. The van der Waals surface area contributed by atoms with E-state index in [9.17, 15) is 4.79 Å². The highest BCUT2D eigenvalue weighted by Gasteiger charge is 2.17. The van der Waals surface area contributed by atoms with Crippen LogP contribution in [-0.4, -0.2) is 10.8 Å². The van der Waals surface area contributed by atoms with Crippen LogP contribution in [0, 0.1) is 0 Å². The van der Waals surface area contributed by atoms with Gasteiger partial charge in [-0.25, -0.2) is 0 Å². The molecule has 1 aromatic heterocycles. The van der Waals surface area contributed by atoms with Crippen LogP contribution < -0.4 is 0 Å². The molecule has 2 nitrogen and oxygen atoms in total. The molecule has 0 aliphatic heterocycles. The highest BCUT2D eigenvalue weighted by molar-refractivity contribution is 6.31. The number of carbonyl (C=O) groups excluding carboxylic acids is 1. The lowest BCUT2D eigenvalue weighted by molar-refractivity contribution is -0.117. The monoisotopic (exact) mass is 291 g/mol. The van der Waals surface area contributed by atoms with Gasteiger partial charge in [0.2, 0.25) is 0 Å². The number of benzene rings is 1. The number of ketones is 1. The van der Waals surface area contributed by atoms with Crippen molar-refractivity contribution in [1.29, 1.82) is 0 Å². The molecule has 3 heteroatoms. The van der Waals surface area contributed by atoms with Crippen molar-refractivity contribution in [2.75, 3.05) is 0 Å². The normalized spacial score (nSPS) is 12.8. The van der Waals surface area contributed by atoms with Crippen LogP contribution in [0.3, 0.4) is 0 Å². The van der Waals surface area contributed by atoms with E-state index in [2.05, 4.69) is 11.9 Å². The van der Waals surface area contributed by atoms with Crippen LogP contribution in [0.15, 0.2) is 24.4 Å². The molecule has 0 radical (unpaired) electrons. The fourth-order valence-electron chi connectivity index (χ4n) is 2.81. The smallest absolute Gasteiger partial charge is 0.130 e. The van der Waals surface area contributed by atoms with E-state index in [0.717, 1.165) is 22.3 Å². The molecule has 2 rings (SSSR count). The maximum absolute atomic E-state index is 11.5. The van der Waals surface area contributed by atoms with Crippen molar-refractivity contribution in [2.24, 2.45) is 0 Å². The van der Waals surface area contributed by atoms with E-state index in [0.29, 0.717) is 12.3 Å². The minimum atomic E-state index is 0.253. The number of H-pyrrole nitrogens is 1. The maximum Gasteiger partial charge on any atom is 0.130 e. The molecule has 0 unspecified atom stereocenters. The van der Waals surface area contributed by atoms with Crippen molar-refractivity contribution < 1.29 is 4.79 Å². The van der Waals surface area contributed by atoms with Gasteiger partial charge in [0.25, 0.3) is 0 Å². The Morgan fingerprint density at radius 3 is 2.85 bits per heavy atom. The summed E-state index contributed by atoms with van der Waals surface area (Å²) in [6, 6.07) is 5.88. The van der Waals surface area contributed by atoms with Crippen molar-refractivity contribution in [3.63, 3.8) is 0 Å². The fraction of sp³-hybridized carbons (Fsp3) is 0.471. The highest BCUT2D eigenvalue weighted by Crippen LogP contribution is 2.33. The first kappa shape index (κ1) is 15.1. The van der Waals surface area contributed by atoms with Gasteiger partial charge in [-0.2, -0.15) is 0 Å². The summed E-state index contributed by atoms with van der Waals surface area (Å²) in [6.07, 6.45) is 7.31. The second kappa shape index (κ2) is 6.94. The number of halogens is 1. The summed E-state index contributed by atoms with van der Waals surface area (Å²) in [5.41, 5.74) is 2.32. The molecule has 0 bridgehead atoms. The zero-order chi connectivity index (χ0) is 14.5. The SMILES string of the molecule is CCCCC[C@H](CC(C)=O)c1c[nH]c2ccc(Cl)cc12. The van der Waals surface area contributed by atoms with Crippen LogP contribution in [0.1, 0.15) is 57.4 Å². The number of rotatable bonds is 7. The van der Waals surface area contributed by atoms with Crippen molar-refractivity contribution in [2.45, 2.75) is 51.9 Å². The number of fused-ring (bicyclic) bond motifs is 1. The molecule has 0 spiro atoms. The third-order valence-corrected chi connectivity index (χ3v) is 4.04. The second-order valence-electron chi connectivity index (χ2n) is 5.53. The quantitative estimate of drug-likeness (QED) is 0.675. The first-order chi connectivity index (χ1) is 9.61. The van der Waals surface area contributed by atoms with Crippen molar-refractivity contribution >= 4 is 28.3 Å². The summed E-state index contributed by atoms with van der Waals surface area (Å²) >= 11 is 6.10. The minimum absolute atomic E-state index is 0.253. The van der Waals surface area contributed by atoms with Crippen LogP contribution in [0.2, 0.25) is 5.02 Å². The largest absolute Gasteiger partial charge is 0.361 e. The van der Waals surface area contributed by atoms with Gasteiger partial charge in [0, 0.05) is 28.5 Å². The summed E-state index contributed by atoms with van der Waals surface area (Å²) in [6.45, 7) is 3.88. The number of carbonyl (C=O) groups is 1.